The maximum atomic E-state index is 14.1. The second-order valence-electron chi connectivity index (χ2n) is 15.4. The van der Waals surface area contributed by atoms with Crippen molar-refractivity contribution >= 4 is 23.7 Å². The average molecular weight is 670 g/mol. The molecule has 0 radical (unpaired) electrons. The maximum absolute atomic E-state index is 14.1. The van der Waals surface area contributed by atoms with Crippen LogP contribution in [0.4, 0.5) is 0 Å². The van der Waals surface area contributed by atoms with Crippen molar-refractivity contribution in [3.63, 3.8) is 0 Å². The van der Waals surface area contributed by atoms with Gasteiger partial charge in [-0.2, -0.15) is 0 Å². The predicted octanol–water partition coefficient (Wildman–Crippen LogP) is 3.49. The summed E-state index contributed by atoms with van der Waals surface area (Å²) in [7, 11) is 0. The van der Waals surface area contributed by atoms with Gasteiger partial charge in [0.1, 0.15) is 11.7 Å². The van der Waals surface area contributed by atoms with Crippen LogP contribution in [0.5, 0.6) is 0 Å². The summed E-state index contributed by atoms with van der Waals surface area (Å²) < 4.78 is 23.8. The van der Waals surface area contributed by atoms with E-state index < -0.39 is 82.2 Å². The number of carbonyl (C=O) groups is 4. The molecule has 2 saturated carbocycles. The summed E-state index contributed by atoms with van der Waals surface area (Å²) in [6.07, 6.45) is -0.170. The van der Waals surface area contributed by atoms with Gasteiger partial charge in [-0.25, -0.2) is 4.79 Å². The molecule has 4 fully saturated rings. The zero-order chi connectivity index (χ0) is 35.3. The Hall–Kier alpha value is -3.12. The second kappa shape index (κ2) is 13.0. The van der Waals surface area contributed by atoms with Crippen molar-refractivity contribution in [2.75, 3.05) is 26.2 Å². The Morgan fingerprint density at radius 2 is 1.67 bits per heavy atom. The highest BCUT2D eigenvalue weighted by molar-refractivity contribution is 5.92. The van der Waals surface area contributed by atoms with Crippen LogP contribution in [0, 0.1) is 16.7 Å². The summed E-state index contributed by atoms with van der Waals surface area (Å²) in [4.78, 5) is 55.1. The zero-order valence-corrected chi connectivity index (χ0v) is 29.0. The predicted molar refractivity (Wildman–Crippen MR) is 175 cm³/mol. The average Bonchev–Trinajstić information content (AvgIpc) is 3.03. The molecular weight excluding hydrogens is 618 g/mol. The van der Waals surface area contributed by atoms with E-state index in [1.165, 1.54) is 25.5 Å². The van der Waals surface area contributed by atoms with Crippen LogP contribution in [0.15, 0.2) is 43.0 Å². The Labute approximate surface area is 282 Å². The highest BCUT2D eigenvalue weighted by atomic mass is 16.6. The van der Waals surface area contributed by atoms with Gasteiger partial charge in [0.25, 0.3) is 0 Å². The molecule has 2 saturated heterocycles. The first-order valence-electron chi connectivity index (χ1n) is 17.0. The second-order valence-corrected chi connectivity index (χ2v) is 15.4. The lowest BCUT2D eigenvalue weighted by atomic mass is 9.39. The van der Waals surface area contributed by atoms with Crippen LogP contribution in [0.2, 0.25) is 0 Å². The van der Waals surface area contributed by atoms with Gasteiger partial charge in [0.2, 0.25) is 0 Å². The molecule has 5 rings (SSSR count). The number of piperidine rings is 1. The van der Waals surface area contributed by atoms with Crippen molar-refractivity contribution in [2.24, 2.45) is 16.7 Å². The Morgan fingerprint density at radius 1 is 1.02 bits per heavy atom. The molecule has 1 aromatic rings. The number of hydrogen-bond acceptors (Lipinski definition) is 11. The van der Waals surface area contributed by atoms with Gasteiger partial charge in [-0.05, 0) is 69.5 Å². The Balaban J connectivity index is 1.37. The molecule has 11 heteroatoms. The summed E-state index contributed by atoms with van der Waals surface area (Å²) in [5.74, 6) is -3.25. The molecule has 0 spiro atoms. The molecule has 0 unspecified atom stereocenters. The quantitative estimate of drug-likeness (QED) is 0.238. The molecule has 1 aromatic carbocycles. The minimum Gasteiger partial charge on any atom is -0.455 e. The lowest BCUT2D eigenvalue weighted by molar-refractivity contribution is -0.371. The minimum absolute atomic E-state index is 0.0232. The summed E-state index contributed by atoms with van der Waals surface area (Å²) >= 11 is 0. The van der Waals surface area contributed by atoms with Crippen molar-refractivity contribution in [1.29, 1.82) is 0 Å². The molecule has 4 aliphatic rings. The van der Waals surface area contributed by atoms with E-state index in [1.54, 1.807) is 13.8 Å². The van der Waals surface area contributed by atoms with E-state index in [2.05, 4.69) is 18.7 Å². The number of aliphatic hydroxyl groups is 2. The molecular formula is C37H51NO10. The van der Waals surface area contributed by atoms with Crippen molar-refractivity contribution in [3.05, 3.63) is 48.6 Å². The molecule has 0 bridgehead atoms. The van der Waals surface area contributed by atoms with Crippen LogP contribution in [-0.4, -0.2) is 100 Å². The highest BCUT2D eigenvalue weighted by Crippen LogP contribution is 2.67. The first kappa shape index (κ1) is 36.2. The van der Waals surface area contributed by atoms with Gasteiger partial charge < -0.3 is 29.2 Å². The van der Waals surface area contributed by atoms with Crippen LogP contribution < -0.4 is 0 Å². The van der Waals surface area contributed by atoms with Crippen molar-refractivity contribution in [2.45, 2.75) is 115 Å². The van der Waals surface area contributed by atoms with Gasteiger partial charge in [0, 0.05) is 24.7 Å². The Kier molecular flexibility index (Phi) is 9.77. The fraction of sp³-hybridized carbons (Fsp3) is 0.676. The standard InChI is InChI=1S/C37H51NO10/c1-8-34(5)20-27(41)37(44)35(6)26(40)14-17-33(3,4)31(35)30(32(46-23(2)39)36(37,7)48-34)47-29(43)22-45-28(42)21-38-18-15-25(16-19-38)24-12-10-9-11-13-24/h8-13,25-26,30-32,40,44H,1,14-22H2,2-7H3/t26-,30-,31-,32-,34-,35-,36+,37-/m0/s1. The summed E-state index contributed by atoms with van der Waals surface area (Å²) in [6.45, 7) is 14.3. The topological polar surface area (TPSA) is 149 Å². The van der Waals surface area contributed by atoms with Crippen LogP contribution in [-0.2, 0) is 38.1 Å². The van der Waals surface area contributed by atoms with E-state index in [1.807, 2.05) is 36.9 Å². The molecule has 8 atom stereocenters. The first-order valence-corrected chi connectivity index (χ1v) is 17.0. The summed E-state index contributed by atoms with van der Waals surface area (Å²) in [6, 6.07) is 10.3. The lowest BCUT2D eigenvalue weighted by Gasteiger charge is -2.71. The van der Waals surface area contributed by atoms with Crippen LogP contribution in [0.25, 0.3) is 0 Å². The fourth-order valence-electron chi connectivity index (χ4n) is 9.45. The number of rotatable bonds is 8. The van der Waals surface area contributed by atoms with E-state index in [0.29, 0.717) is 25.4 Å². The molecule has 2 aliphatic heterocycles. The number of esters is 3. The number of fused-ring (bicyclic) bond motifs is 3. The zero-order valence-electron chi connectivity index (χ0n) is 29.0. The summed E-state index contributed by atoms with van der Waals surface area (Å²) in [5.41, 5.74) is -6.58. The smallest absolute Gasteiger partial charge is 0.344 e. The molecule has 0 amide bonds. The maximum Gasteiger partial charge on any atom is 0.344 e. The number of likely N-dealkylation sites (tertiary alicyclic amines) is 1. The highest BCUT2D eigenvalue weighted by Gasteiger charge is 2.82. The van der Waals surface area contributed by atoms with E-state index in [9.17, 15) is 29.4 Å². The molecule has 264 valence electrons. The van der Waals surface area contributed by atoms with Crippen molar-refractivity contribution in [3.8, 4) is 0 Å². The fourth-order valence-corrected chi connectivity index (χ4v) is 9.45. The third-order valence-electron chi connectivity index (χ3n) is 11.8. The molecule has 2 N–H and O–H groups in total. The number of ketones is 1. The number of nitrogens with zero attached hydrogens (tertiary/aromatic N) is 1. The summed E-state index contributed by atoms with van der Waals surface area (Å²) in [5, 5.41) is 24.3. The number of Topliss-reactive ketones (excluding diaryl/α,β-unsaturated/α-hetero) is 1. The van der Waals surface area contributed by atoms with E-state index in [4.69, 9.17) is 18.9 Å². The number of ether oxygens (including phenoxy) is 4. The van der Waals surface area contributed by atoms with Gasteiger partial charge in [-0.1, -0.05) is 57.2 Å². The van der Waals surface area contributed by atoms with E-state index in [-0.39, 0.29) is 19.4 Å². The molecule has 2 aliphatic carbocycles. The minimum atomic E-state index is -2.34. The third kappa shape index (κ3) is 6.01. The van der Waals surface area contributed by atoms with Gasteiger partial charge in [-0.15, -0.1) is 6.58 Å². The third-order valence-corrected chi connectivity index (χ3v) is 11.8. The van der Waals surface area contributed by atoms with Crippen LogP contribution in [0.3, 0.4) is 0 Å². The van der Waals surface area contributed by atoms with Crippen LogP contribution in [0.1, 0.15) is 85.1 Å². The number of carbonyl (C=O) groups excluding carboxylic acids is 4. The number of benzene rings is 1. The van der Waals surface area contributed by atoms with Gasteiger partial charge in [0.05, 0.1) is 18.2 Å². The Morgan fingerprint density at radius 3 is 2.27 bits per heavy atom. The molecule has 11 nitrogen and oxygen atoms in total. The van der Waals surface area contributed by atoms with Gasteiger partial charge in [0.15, 0.2) is 24.1 Å². The van der Waals surface area contributed by atoms with Crippen molar-refractivity contribution < 1.29 is 48.3 Å². The monoisotopic (exact) mass is 669 g/mol. The molecule has 0 aromatic heterocycles. The largest absolute Gasteiger partial charge is 0.455 e. The normalized spacial score (nSPS) is 38.2. The van der Waals surface area contributed by atoms with Crippen molar-refractivity contribution in [1.82, 2.24) is 4.90 Å². The van der Waals surface area contributed by atoms with E-state index in [0.717, 1.165) is 12.8 Å². The lowest BCUT2D eigenvalue weighted by Crippen LogP contribution is -2.87. The SMILES string of the molecule is C=C[C@@]1(C)CC(=O)[C@]2(O)[C@@]3(C)[C@@H](O)CCC(C)(C)[C@@H]3[C@H](OC(=O)COC(=O)CN3CCC(c4ccccc4)CC3)[C@H](OC(C)=O)[C@@]2(C)O1. The van der Waals surface area contributed by atoms with Crippen LogP contribution >= 0.6 is 0 Å². The number of hydrogen-bond donors (Lipinski definition) is 2. The molecule has 48 heavy (non-hydrogen) atoms. The van der Waals surface area contributed by atoms with Gasteiger partial charge >= 0.3 is 17.9 Å². The first-order chi connectivity index (χ1) is 22.4. The van der Waals surface area contributed by atoms with Gasteiger partial charge in [-0.3, -0.25) is 19.3 Å². The number of aliphatic hydroxyl groups excluding tert-OH is 1. The molecule has 2 heterocycles. The Bertz CT molecular complexity index is 1420. The van der Waals surface area contributed by atoms with E-state index >= 15 is 0 Å².